The highest BCUT2D eigenvalue weighted by molar-refractivity contribution is 9.10. The van der Waals surface area contributed by atoms with Crippen LogP contribution in [0.4, 0.5) is 10.5 Å². The summed E-state index contributed by atoms with van der Waals surface area (Å²) in [5.41, 5.74) is 0.104. The van der Waals surface area contributed by atoms with Crippen LogP contribution >= 0.6 is 15.9 Å². The number of benzene rings is 1. The van der Waals surface area contributed by atoms with Crippen molar-refractivity contribution in [3.63, 3.8) is 0 Å². The number of hydrogen-bond donors (Lipinski definition) is 0. The molecule has 1 amide bonds. The Morgan fingerprint density at radius 3 is 2.35 bits per heavy atom. The number of esters is 1. The minimum atomic E-state index is -0.608. The van der Waals surface area contributed by atoms with Gasteiger partial charge in [0.05, 0.1) is 18.4 Å². The Morgan fingerprint density at radius 2 is 1.85 bits per heavy atom. The summed E-state index contributed by atoms with van der Waals surface area (Å²) in [5, 5.41) is 0. The van der Waals surface area contributed by atoms with E-state index in [1.54, 1.807) is 46.0 Å². The first-order valence-corrected chi connectivity index (χ1v) is 6.79. The molecular weight excluding hydrogens is 326 g/mol. The first-order chi connectivity index (χ1) is 9.15. The first kappa shape index (κ1) is 16.5. The smallest absolute Gasteiger partial charge is 0.414 e. The summed E-state index contributed by atoms with van der Waals surface area (Å²) in [6.45, 7) is 5.34. The second-order valence-corrected chi connectivity index (χ2v) is 6.11. The van der Waals surface area contributed by atoms with Gasteiger partial charge in [0.15, 0.2) is 0 Å². The third-order valence-corrected chi connectivity index (χ3v) is 2.89. The molecule has 0 atom stereocenters. The molecule has 0 heterocycles. The summed E-state index contributed by atoms with van der Waals surface area (Å²) in [6.07, 6.45) is -0.541. The molecule has 6 heteroatoms. The minimum Gasteiger partial charge on any atom is -0.465 e. The molecule has 20 heavy (non-hydrogen) atoms. The number of ether oxygens (including phenoxy) is 2. The minimum absolute atomic E-state index is 0.295. The van der Waals surface area contributed by atoms with Crippen LogP contribution < -0.4 is 4.90 Å². The Kier molecular flexibility index (Phi) is 5.16. The second kappa shape index (κ2) is 6.26. The second-order valence-electron chi connectivity index (χ2n) is 5.19. The Hall–Kier alpha value is -1.56. The van der Waals surface area contributed by atoms with E-state index >= 15 is 0 Å². The fraction of sp³-hybridized carbons (Fsp3) is 0.429. The van der Waals surface area contributed by atoms with Crippen molar-refractivity contribution in [1.82, 2.24) is 0 Å². The average molecular weight is 344 g/mol. The van der Waals surface area contributed by atoms with Gasteiger partial charge in [-0.3, -0.25) is 4.90 Å². The lowest BCUT2D eigenvalue weighted by Crippen LogP contribution is -2.35. The van der Waals surface area contributed by atoms with Gasteiger partial charge >= 0.3 is 12.1 Å². The Labute approximate surface area is 127 Å². The molecule has 0 radical (unpaired) electrons. The summed E-state index contributed by atoms with van der Waals surface area (Å²) in [7, 11) is 2.84. The number of hydrogen-bond acceptors (Lipinski definition) is 4. The van der Waals surface area contributed by atoms with E-state index in [1.807, 2.05) is 0 Å². The van der Waals surface area contributed by atoms with Crippen LogP contribution in [-0.2, 0) is 9.47 Å². The number of amides is 1. The quantitative estimate of drug-likeness (QED) is 0.769. The van der Waals surface area contributed by atoms with Crippen molar-refractivity contribution in [1.29, 1.82) is 0 Å². The van der Waals surface area contributed by atoms with Gasteiger partial charge in [0.1, 0.15) is 5.60 Å². The molecule has 0 aliphatic rings. The van der Waals surface area contributed by atoms with Crippen LogP contribution in [0.1, 0.15) is 31.1 Å². The zero-order chi connectivity index (χ0) is 15.5. The zero-order valence-corrected chi connectivity index (χ0v) is 13.8. The Balaban J connectivity index is 3.14. The van der Waals surface area contributed by atoms with Crippen molar-refractivity contribution >= 4 is 33.7 Å². The van der Waals surface area contributed by atoms with Crippen LogP contribution in [0.15, 0.2) is 22.7 Å². The van der Waals surface area contributed by atoms with Gasteiger partial charge in [-0.15, -0.1) is 0 Å². The molecule has 0 N–H and O–H groups in total. The number of rotatable bonds is 2. The molecule has 5 nitrogen and oxygen atoms in total. The number of nitrogens with zero attached hydrogens (tertiary/aromatic N) is 1. The molecule has 0 aliphatic heterocycles. The number of halogens is 1. The summed E-state index contributed by atoms with van der Waals surface area (Å²) in [6, 6.07) is 4.96. The van der Waals surface area contributed by atoms with Crippen LogP contribution in [0.2, 0.25) is 0 Å². The Bertz CT molecular complexity index is 522. The standard InChI is InChI=1S/C14H18BrNO4/c1-14(2,3)20-13(18)16(4)11-8-9(15)6-7-10(11)12(17)19-5/h6-8H,1-5H3. The van der Waals surface area contributed by atoms with Gasteiger partial charge < -0.3 is 9.47 Å². The fourth-order valence-corrected chi connectivity index (χ4v) is 1.84. The van der Waals surface area contributed by atoms with E-state index in [0.717, 1.165) is 4.47 Å². The molecule has 0 bridgehead atoms. The molecule has 1 aromatic rings. The number of carbonyl (C=O) groups excluding carboxylic acids is 2. The predicted octanol–water partition coefficient (Wildman–Crippen LogP) is 3.61. The molecule has 0 aliphatic carbocycles. The highest BCUT2D eigenvalue weighted by Gasteiger charge is 2.24. The maximum atomic E-state index is 12.1. The zero-order valence-electron chi connectivity index (χ0n) is 12.2. The molecule has 0 spiro atoms. The van der Waals surface area contributed by atoms with Crippen LogP contribution in [0.3, 0.4) is 0 Å². The Morgan fingerprint density at radius 1 is 1.25 bits per heavy atom. The summed E-state index contributed by atoms with van der Waals surface area (Å²) >= 11 is 3.32. The van der Waals surface area contributed by atoms with Crippen molar-refractivity contribution in [2.24, 2.45) is 0 Å². The van der Waals surface area contributed by atoms with Gasteiger partial charge in [-0.05, 0) is 39.0 Å². The predicted molar refractivity (Wildman–Crippen MR) is 80.1 cm³/mol. The van der Waals surface area contributed by atoms with Gasteiger partial charge in [0.25, 0.3) is 0 Å². The highest BCUT2D eigenvalue weighted by Crippen LogP contribution is 2.26. The lowest BCUT2D eigenvalue weighted by molar-refractivity contribution is 0.0587. The third-order valence-electron chi connectivity index (χ3n) is 2.39. The van der Waals surface area contributed by atoms with Crippen molar-refractivity contribution in [2.45, 2.75) is 26.4 Å². The van der Waals surface area contributed by atoms with Crippen molar-refractivity contribution in [3.05, 3.63) is 28.2 Å². The van der Waals surface area contributed by atoms with Crippen LogP contribution in [0.5, 0.6) is 0 Å². The monoisotopic (exact) mass is 343 g/mol. The van der Waals surface area contributed by atoms with Crippen LogP contribution in [0.25, 0.3) is 0 Å². The van der Waals surface area contributed by atoms with Crippen LogP contribution in [-0.4, -0.2) is 31.8 Å². The van der Waals surface area contributed by atoms with Gasteiger partial charge in [0, 0.05) is 11.5 Å². The van der Waals surface area contributed by atoms with E-state index in [9.17, 15) is 9.59 Å². The fourth-order valence-electron chi connectivity index (χ4n) is 1.49. The highest BCUT2D eigenvalue weighted by atomic mass is 79.9. The SMILES string of the molecule is COC(=O)c1ccc(Br)cc1N(C)C(=O)OC(C)(C)C. The molecule has 110 valence electrons. The molecule has 0 saturated heterocycles. The van der Waals surface area contributed by atoms with Gasteiger partial charge in [-0.1, -0.05) is 15.9 Å². The summed E-state index contributed by atoms with van der Waals surface area (Å²) in [4.78, 5) is 25.1. The van der Waals surface area contributed by atoms with Crippen LogP contribution in [0, 0.1) is 0 Å². The molecule has 0 fully saturated rings. The van der Waals surface area contributed by atoms with E-state index in [1.165, 1.54) is 12.0 Å². The van der Waals surface area contributed by atoms with Gasteiger partial charge in [-0.25, -0.2) is 9.59 Å². The summed E-state index contributed by atoms with van der Waals surface area (Å²) < 4.78 is 10.7. The maximum Gasteiger partial charge on any atom is 0.414 e. The maximum absolute atomic E-state index is 12.1. The molecule has 1 rings (SSSR count). The lowest BCUT2D eigenvalue weighted by Gasteiger charge is -2.25. The number of carbonyl (C=O) groups is 2. The van der Waals surface area contributed by atoms with E-state index < -0.39 is 17.7 Å². The van der Waals surface area contributed by atoms with E-state index in [0.29, 0.717) is 11.3 Å². The molecule has 0 unspecified atom stereocenters. The molecular formula is C14H18BrNO4. The van der Waals surface area contributed by atoms with Gasteiger partial charge in [-0.2, -0.15) is 0 Å². The number of anilines is 1. The lowest BCUT2D eigenvalue weighted by atomic mass is 10.1. The number of methoxy groups -OCH3 is 1. The van der Waals surface area contributed by atoms with E-state index in [4.69, 9.17) is 9.47 Å². The normalized spacial score (nSPS) is 10.9. The first-order valence-electron chi connectivity index (χ1n) is 6.00. The molecule has 1 aromatic carbocycles. The van der Waals surface area contributed by atoms with E-state index in [-0.39, 0.29) is 0 Å². The van der Waals surface area contributed by atoms with E-state index in [2.05, 4.69) is 15.9 Å². The molecule has 0 aromatic heterocycles. The van der Waals surface area contributed by atoms with Crippen molar-refractivity contribution in [2.75, 3.05) is 19.1 Å². The largest absolute Gasteiger partial charge is 0.465 e. The summed E-state index contributed by atoms with van der Waals surface area (Å²) in [5.74, 6) is -0.511. The van der Waals surface area contributed by atoms with Crippen molar-refractivity contribution < 1.29 is 19.1 Å². The third kappa shape index (κ3) is 4.23. The van der Waals surface area contributed by atoms with Crippen molar-refractivity contribution in [3.8, 4) is 0 Å². The average Bonchev–Trinajstić information content (AvgIpc) is 2.34. The topological polar surface area (TPSA) is 55.8 Å². The van der Waals surface area contributed by atoms with Gasteiger partial charge in [0.2, 0.25) is 0 Å². The molecule has 0 saturated carbocycles.